The van der Waals surface area contributed by atoms with Crippen molar-refractivity contribution in [2.24, 2.45) is 0 Å². The van der Waals surface area contributed by atoms with Gasteiger partial charge in [-0.15, -0.1) is 0 Å². The van der Waals surface area contributed by atoms with Gasteiger partial charge < -0.3 is 12.3 Å². The summed E-state index contributed by atoms with van der Waals surface area (Å²) in [5.74, 6) is 0. The number of rotatable bonds is 0. The average Bonchev–Trinajstić information content (AvgIpc) is 0.592. The van der Waals surface area contributed by atoms with E-state index in [1.807, 2.05) is 0 Å². The molecule has 0 spiro atoms. The molecular weight excluding hydrogens is 198 g/mol. The Bertz CT molecular complexity index is 69.6. The van der Waals surface area contributed by atoms with Crippen LogP contribution in [-0.2, 0) is 13.5 Å². The van der Waals surface area contributed by atoms with Crippen LogP contribution in [0.25, 0.3) is 0 Å². The van der Waals surface area contributed by atoms with E-state index in [2.05, 4.69) is 0 Å². The maximum atomic E-state index is 9.88. The Morgan fingerprint density at radius 1 is 0.556 bits per heavy atom. The van der Waals surface area contributed by atoms with E-state index in [9.17, 15) is 21.3 Å². The molecule has 0 unspecified atom stereocenters. The molecule has 0 aromatic rings. The molecule has 0 saturated carbocycles. The zero-order valence-corrected chi connectivity index (χ0v) is 5.73. The molecule has 0 heterocycles. The SMILES string of the molecule is [F][Fe-2]([F])([F])([F])([F])[F].[NH4+].[NH4+]. The minimum absolute atomic E-state index is 0. The largest absolute Gasteiger partial charge is 0.369 e. The summed E-state index contributed by atoms with van der Waals surface area (Å²) in [5, 5.41) is 0. The minimum atomic E-state index is -10.8. The van der Waals surface area contributed by atoms with Crippen molar-refractivity contribution in [2.45, 2.75) is 0 Å². The summed E-state index contributed by atoms with van der Waals surface area (Å²) in [6, 6.07) is 0. The maximum absolute atomic E-state index is 10.8. The monoisotopic (exact) mass is 206 g/mol. The molecule has 0 aliphatic rings. The van der Waals surface area contributed by atoms with Gasteiger partial charge in [0.1, 0.15) is 0 Å². The molecule has 0 aliphatic carbocycles. The Hall–Kier alpha value is 0.0195. The van der Waals surface area contributed by atoms with Gasteiger partial charge in [-0.2, -0.15) is 0 Å². The van der Waals surface area contributed by atoms with Crippen LogP contribution in [0, 0.1) is 0 Å². The fraction of sp³-hybridized carbons (Fsp3) is 0. The van der Waals surface area contributed by atoms with Crippen LogP contribution in [0.15, 0.2) is 0 Å². The Labute approximate surface area is 48.1 Å². The second-order valence-electron chi connectivity index (χ2n) is 0.758. The smallest absolute Gasteiger partial charge is 0.369 e. The van der Waals surface area contributed by atoms with Crippen molar-refractivity contribution in [3.8, 4) is 0 Å². The molecule has 0 bridgehead atoms. The normalized spacial score (nSPS) is 18.0. The van der Waals surface area contributed by atoms with Crippen LogP contribution in [0.4, 0.5) is 21.3 Å². The van der Waals surface area contributed by atoms with E-state index in [0.717, 1.165) is 0 Å². The molecule has 0 aromatic heterocycles. The van der Waals surface area contributed by atoms with Gasteiger partial charge in [0.2, 0.25) is 0 Å². The predicted molar refractivity (Wildman–Crippen MR) is 18.6 cm³/mol. The van der Waals surface area contributed by atoms with E-state index in [1.165, 1.54) is 0 Å². The van der Waals surface area contributed by atoms with Gasteiger partial charge in [0.25, 0.3) is 0 Å². The Morgan fingerprint density at radius 3 is 0.556 bits per heavy atom. The van der Waals surface area contributed by atoms with Crippen LogP contribution in [0.5, 0.6) is 0 Å². The minimum Gasteiger partial charge on any atom is -0.369 e. The van der Waals surface area contributed by atoms with Crippen LogP contribution in [-0.4, -0.2) is 0 Å². The summed E-state index contributed by atoms with van der Waals surface area (Å²) in [4.78, 5) is 0. The molecule has 0 fully saturated rings. The van der Waals surface area contributed by atoms with Crippen molar-refractivity contribution in [3.05, 3.63) is 0 Å². The Kier molecular flexibility index (Phi) is 3.12. The van der Waals surface area contributed by atoms with Crippen molar-refractivity contribution in [2.75, 3.05) is 0 Å². The molecule has 68 valence electrons. The first-order valence-electron chi connectivity index (χ1n) is 0.802. The van der Waals surface area contributed by atoms with Gasteiger partial charge in [-0.1, -0.05) is 0 Å². The van der Waals surface area contributed by atoms with Crippen LogP contribution in [0.2, 0.25) is 0 Å². The first-order valence-corrected chi connectivity index (χ1v) is 3.31. The molecule has 0 radical (unpaired) electrons. The Balaban J connectivity index is -0.000000180. The van der Waals surface area contributed by atoms with E-state index < -0.39 is 13.5 Å². The third kappa shape index (κ3) is 766000. The van der Waals surface area contributed by atoms with E-state index in [4.69, 9.17) is 0 Å². The molecule has 2 nitrogen and oxygen atoms in total. The van der Waals surface area contributed by atoms with E-state index >= 15 is 0 Å². The summed E-state index contributed by atoms with van der Waals surface area (Å²) < 4.78 is 59.2. The fourth-order valence-corrected chi connectivity index (χ4v) is 0. The molecule has 0 atom stereocenters. The van der Waals surface area contributed by atoms with Gasteiger partial charge in [0.15, 0.2) is 0 Å². The van der Waals surface area contributed by atoms with Crippen molar-refractivity contribution in [1.29, 1.82) is 0 Å². The number of hydrogen-bond donors (Lipinski definition) is 2. The van der Waals surface area contributed by atoms with Crippen LogP contribution >= 0.6 is 0 Å². The first kappa shape index (κ1) is 16.0. The quantitative estimate of drug-likeness (QED) is 0.450. The second-order valence-corrected chi connectivity index (χ2v) is 3.12. The van der Waals surface area contributed by atoms with E-state index in [-0.39, 0.29) is 12.3 Å². The number of hydrogen-bond acceptors (Lipinski definition) is 0. The van der Waals surface area contributed by atoms with E-state index in [0.29, 0.717) is 0 Å². The number of quaternary nitrogens is 2. The molecule has 0 rings (SSSR count). The maximum Gasteiger partial charge on any atom is -0.369 e. The van der Waals surface area contributed by atoms with Crippen LogP contribution in [0.3, 0.4) is 0 Å². The van der Waals surface area contributed by atoms with Gasteiger partial charge in [-0.3, -0.25) is 0 Å². The van der Waals surface area contributed by atoms with Crippen molar-refractivity contribution >= 4 is 0 Å². The third-order valence-corrected chi connectivity index (χ3v) is 0. The summed E-state index contributed by atoms with van der Waals surface area (Å²) in [7, 11) is 0. The third-order valence-electron chi connectivity index (χ3n) is 0. The zero-order valence-electron chi connectivity index (χ0n) is 4.62. The van der Waals surface area contributed by atoms with Gasteiger partial charge in [0.05, 0.1) is 0 Å². The number of halogens is 6. The summed E-state index contributed by atoms with van der Waals surface area (Å²) in [6.45, 7) is 0. The molecule has 0 aromatic carbocycles. The van der Waals surface area contributed by atoms with Crippen molar-refractivity contribution < 1.29 is 34.8 Å². The Morgan fingerprint density at radius 2 is 0.556 bits per heavy atom. The van der Waals surface area contributed by atoms with Crippen LogP contribution < -0.4 is 12.3 Å². The summed E-state index contributed by atoms with van der Waals surface area (Å²) in [5.41, 5.74) is 0. The molecule has 9 heteroatoms. The molecule has 0 saturated heterocycles. The van der Waals surface area contributed by atoms with Gasteiger partial charge >= 0.3 is 34.8 Å². The molecule has 0 amide bonds. The average molecular weight is 206 g/mol. The van der Waals surface area contributed by atoms with Gasteiger partial charge in [0, 0.05) is 0 Å². The summed E-state index contributed by atoms with van der Waals surface area (Å²) >= 11 is -10.8. The van der Waals surface area contributed by atoms with Crippen LogP contribution in [0.1, 0.15) is 0 Å². The van der Waals surface area contributed by atoms with Crippen molar-refractivity contribution in [3.63, 3.8) is 0 Å². The molecule has 9 heavy (non-hydrogen) atoms. The fourth-order valence-electron chi connectivity index (χ4n) is 0. The molecule has 8 N–H and O–H groups in total. The van der Waals surface area contributed by atoms with Gasteiger partial charge in [-0.05, 0) is 0 Å². The molecule has 0 aliphatic heterocycles. The first-order chi connectivity index (χ1) is 2.45. The van der Waals surface area contributed by atoms with Crippen molar-refractivity contribution in [1.82, 2.24) is 12.3 Å². The summed E-state index contributed by atoms with van der Waals surface area (Å²) in [6.07, 6.45) is 0. The van der Waals surface area contributed by atoms with Gasteiger partial charge in [-0.25, -0.2) is 0 Å². The predicted octanol–water partition coefficient (Wildman–Crippen LogP) is 3.27. The topological polar surface area (TPSA) is 73.0 Å². The van der Waals surface area contributed by atoms with E-state index in [1.54, 1.807) is 0 Å². The molecular formula is H8F6FeN2. The zero-order chi connectivity index (χ0) is 6.41. The standard InChI is InChI=1S/6FH.Fe.2H3N/h6*1H;;2*1H3/q;;;;;;+4;;/p-4. The second kappa shape index (κ2) is 1.75.